The highest BCUT2D eigenvalue weighted by molar-refractivity contribution is 6.06. The summed E-state index contributed by atoms with van der Waals surface area (Å²) in [6.45, 7) is 1.47. The first-order valence-corrected chi connectivity index (χ1v) is 8.35. The van der Waals surface area contributed by atoms with E-state index in [0.717, 1.165) is 37.3 Å². The predicted octanol–water partition coefficient (Wildman–Crippen LogP) is 3.07. The van der Waals surface area contributed by atoms with Crippen molar-refractivity contribution in [3.8, 4) is 0 Å². The largest absolute Gasteiger partial charge is 0.399 e. The number of nitrogens with one attached hydrogen (secondary N) is 1. The van der Waals surface area contributed by atoms with E-state index in [4.69, 9.17) is 11.5 Å². The summed E-state index contributed by atoms with van der Waals surface area (Å²) in [5, 5.41) is 2.96. The molecule has 8 heteroatoms. The number of hydrogen-bond donors (Lipinski definition) is 3. The first kappa shape index (κ1) is 22.6. The van der Waals surface area contributed by atoms with Crippen LogP contribution in [-0.4, -0.2) is 24.9 Å². The zero-order chi connectivity index (χ0) is 17.8. The van der Waals surface area contributed by atoms with Crippen LogP contribution in [0.2, 0.25) is 0 Å². The van der Waals surface area contributed by atoms with Crippen molar-refractivity contribution in [3.05, 3.63) is 54.1 Å². The Kier molecular flexibility index (Phi) is 8.40. The average molecular weight is 411 g/mol. The molecular formula is C19H24Cl2N4O2. The number of hydrogen-bond acceptors (Lipinski definition) is 4. The molecule has 0 radical (unpaired) electrons. The van der Waals surface area contributed by atoms with Crippen molar-refractivity contribution in [2.24, 2.45) is 11.7 Å². The van der Waals surface area contributed by atoms with Gasteiger partial charge in [-0.3, -0.25) is 9.59 Å². The fraction of sp³-hybridized carbons (Fsp3) is 0.263. The highest BCUT2D eigenvalue weighted by Gasteiger charge is 2.24. The molecule has 146 valence electrons. The SMILES string of the molecule is Cl.Cl.NC(=O)C1CCN(c2ccccc2NC(=O)c2cccc(N)c2)CC1. The van der Waals surface area contributed by atoms with Crippen LogP contribution in [0.5, 0.6) is 0 Å². The predicted molar refractivity (Wildman–Crippen MR) is 114 cm³/mol. The van der Waals surface area contributed by atoms with Crippen LogP contribution < -0.4 is 21.7 Å². The number of carbonyl (C=O) groups is 2. The third-order valence-corrected chi connectivity index (χ3v) is 4.54. The molecule has 1 heterocycles. The Balaban J connectivity index is 0.00000182. The standard InChI is InChI=1S/C19H22N4O2.2ClH/c20-15-5-3-4-14(12-15)19(25)22-16-6-1-2-7-17(16)23-10-8-13(9-11-23)18(21)24;;/h1-7,12-13H,8-11,20H2,(H2,21,24)(H,22,25);2*1H. The number of anilines is 3. The van der Waals surface area contributed by atoms with E-state index in [1.165, 1.54) is 0 Å². The lowest BCUT2D eigenvalue weighted by Gasteiger charge is -2.33. The molecular weight excluding hydrogens is 387 g/mol. The Morgan fingerprint density at radius 1 is 1.00 bits per heavy atom. The minimum absolute atomic E-state index is 0. The molecule has 2 amide bonds. The van der Waals surface area contributed by atoms with Crippen LogP contribution in [0.4, 0.5) is 17.1 Å². The summed E-state index contributed by atoms with van der Waals surface area (Å²) in [7, 11) is 0. The van der Waals surface area contributed by atoms with Crippen LogP contribution in [0.3, 0.4) is 0 Å². The number of nitrogen functional groups attached to an aromatic ring is 1. The normalized spacial score (nSPS) is 13.9. The summed E-state index contributed by atoms with van der Waals surface area (Å²) in [4.78, 5) is 26.0. The lowest BCUT2D eigenvalue weighted by Crippen LogP contribution is -2.38. The number of para-hydroxylation sites is 2. The Morgan fingerprint density at radius 3 is 2.30 bits per heavy atom. The van der Waals surface area contributed by atoms with Gasteiger partial charge in [0, 0.05) is 30.3 Å². The van der Waals surface area contributed by atoms with Crippen molar-refractivity contribution in [1.29, 1.82) is 0 Å². The molecule has 0 bridgehead atoms. The maximum Gasteiger partial charge on any atom is 0.255 e. The van der Waals surface area contributed by atoms with Crippen molar-refractivity contribution in [3.63, 3.8) is 0 Å². The molecule has 0 unspecified atom stereocenters. The van der Waals surface area contributed by atoms with Gasteiger partial charge >= 0.3 is 0 Å². The van der Waals surface area contributed by atoms with Crippen molar-refractivity contribution in [2.45, 2.75) is 12.8 Å². The number of halogens is 2. The second-order valence-electron chi connectivity index (χ2n) is 6.26. The smallest absolute Gasteiger partial charge is 0.255 e. The number of rotatable bonds is 4. The minimum atomic E-state index is -0.233. The molecule has 2 aromatic rings. The number of primary amides is 1. The molecule has 0 spiro atoms. The zero-order valence-corrected chi connectivity index (χ0v) is 16.4. The van der Waals surface area contributed by atoms with Gasteiger partial charge in [0.15, 0.2) is 0 Å². The molecule has 0 aliphatic carbocycles. The van der Waals surface area contributed by atoms with Gasteiger partial charge in [0.1, 0.15) is 0 Å². The molecule has 27 heavy (non-hydrogen) atoms. The van der Waals surface area contributed by atoms with Gasteiger partial charge in [-0.1, -0.05) is 18.2 Å². The monoisotopic (exact) mass is 410 g/mol. The summed E-state index contributed by atoms with van der Waals surface area (Å²) in [6, 6.07) is 14.5. The number of benzene rings is 2. The summed E-state index contributed by atoms with van der Waals surface area (Å²) in [5.41, 5.74) is 13.9. The third kappa shape index (κ3) is 5.52. The number of nitrogens with two attached hydrogens (primary N) is 2. The Bertz CT molecular complexity index is 793. The second-order valence-corrected chi connectivity index (χ2v) is 6.26. The van der Waals surface area contributed by atoms with E-state index in [2.05, 4.69) is 10.2 Å². The number of piperidine rings is 1. The fourth-order valence-corrected chi connectivity index (χ4v) is 3.13. The van der Waals surface area contributed by atoms with Gasteiger partial charge in [0.2, 0.25) is 5.91 Å². The van der Waals surface area contributed by atoms with Crippen molar-refractivity contribution in [2.75, 3.05) is 29.0 Å². The lowest BCUT2D eigenvalue weighted by molar-refractivity contribution is -0.122. The number of nitrogens with zero attached hydrogens (tertiary/aromatic N) is 1. The van der Waals surface area contributed by atoms with E-state index in [9.17, 15) is 9.59 Å². The third-order valence-electron chi connectivity index (χ3n) is 4.54. The molecule has 6 nitrogen and oxygen atoms in total. The summed E-state index contributed by atoms with van der Waals surface area (Å²) in [6.07, 6.45) is 1.46. The lowest BCUT2D eigenvalue weighted by atomic mass is 9.96. The van der Waals surface area contributed by atoms with Gasteiger partial charge in [0.25, 0.3) is 5.91 Å². The summed E-state index contributed by atoms with van der Waals surface area (Å²) in [5.74, 6) is -0.500. The minimum Gasteiger partial charge on any atom is -0.399 e. The Morgan fingerprint density at radius 2 is 1.67 bits per heavy atom. The van der Waals surface area contributed by atoms with Gasteiger partial charge in [0.05, 0.1) is 11.4 Å². The van der Waals surface area contributed by atoms with Crippen LogP contribution in [-0.2, 0) is 4.79 Å². The molecule has 0 aromatic heterocycles. The van der Waals surface area contributed by atoms with E-state index < -0.39 is 0 Å². The van der Waals surface area contributed by atoms with Gasteiger partial charge in [-0.15, -0.1) is 24.8 Å². The van der Waals surface area contributed by atoms with Crippen LogP contribution in [0, 0.1) is 5.92 Å². The first-order valence-electron chi connectivity index (χ1n) is 8.35. The Hall–Kier alpha value is -2.44. The topological polar surface area (TPSA) is 101 Å². The summed E-state index contributed by atoms with van der Waals surface area (Å²) < 4.78 is 0. The van der Waals surface area contributed by atoms with E-state index >= 15 is 0 Å². The summed E-state index contributed by atoms with van der Waals surface area (Å²) >= 11 is 0. The van der Waals surface area contributed by atoms with Gasteiger partial charge in [-0.2, -0.15) is 0 Å². The van der Waals surface area contributed by atoms with E-state index in [1.54, 1.807) is 24.3 Å². The van der Waals surface area contributed by atoms with Crippen LogP contribution >= 0.6 is 24.8 Å². The molecule has 3 rings (SSSR count). The van der Waals surface area contributed by atoms with E-state index in [0.29, 0.717) is 11.3 Å². The zero-order valence-electron chi connectivity index (χ0n) is 14.8. The van der Waals surface area contributed by atoms with Gasteiger partial charge < -0.3 is 21.7 Å². The van der Waals surface area contributed by atoms with E-state index in [-0.39, 0.29) is 42.5 Å². The quantitative estimate of drug-likeness (QED) is 0.673. The Labute approximate surface area is 171 Å². The van der Waals surface area contributed by atoms with Crippen LogP contribution in [0.25, 0.3) is 0 Å². The molecule has 1 aliphatic rings. The average Bonchev–Trinajstić information content (AvgIpc) is 2.62. The van der Waals surface area contributed by atoms with Crippen LogP contribution in [0.1, 0.15) is 23.2 Å². The molecule has 5 N–H and O–H groups in total. The van der Waals surface area contributed by atoms with Gasteiger partial charge in [-0.05, 0) is 43.2 Å². The molecule has 1 aliphatic heterocycles. The maximum atomic E-state index is 12.5. The van der Waals surface area contributed by atoms with Crippen molar-refractivity contribution < 1.29 is 9.59 Å². The van der Waals surface area contributed by atoms with Crippen LogP contribution in [0.15, 0.2) is 48.5 Å². The fourth-order valence-electron chi connectivity index (χ4n) is 3.13. The maximum absolute atomic E-state index is 12.5. The first-order chi connectivity index (χ1) is 12.0. The van der Waals surface area contributed by atoms with E-state index in [1.807, 2.05) is 24.3 Å². The highest BCUT2D eigenvalue weighted by Crippen LogP contribution is 2.30. The second kappa shape index (κ2) is 10.0. The molecule has 0 atom stereocenters. The van der Waals surface area contributed by atoms with Crippen molar-refractivity contribution in [1.82, 2.24) is 0 Å². The number of amides is 2. The molecule has 0 saturated carbocycles. The molecule has 2 aromatic carbocycles. The molecule has 1 fully saturated rings. The van der Waals surface area contributed by atoms with Crippen molar-refractivity contribution >= 4 is 53.7 Å². The highest BCUT2D eigenvalue weighted by atomic mass is 35.5. The number of carbonyl (C=O) groups excluding carboxylic acids is 2. The van der Waals surface area contributed by atoms with Gasteiger partial charge in [-0.25, -0.2) is 0 Å². The molecule has 1 saturated heterocycles.